The molecule has 3 heterocycles. The van der Waals surface area contributed by atoms with Crippen LogP contribution >= 0.6 is 0 Å². The fourth-order valence-corrected chi connectivity index (χ4v) is 3.83. The maximum absolute atomic E-state index is 12.0. The van der Waals surface area contributed by atoms with Gasteiger partial charge in [-0.15, -0.1) is 10.2 Å². The summed E-state index contributed by atoms with van der Waals surface area (Å²) in [5.74, 6) is 1.33. The van der Waals surface area contributed by atoms with E-state index in [1.165, 1.54) is 0 Å². The van der Waals surface area contributed by atoms with Gasteiger partial charge in [-0.2, -0.15) is 0 Å². The summed E-state index contributed by atoms with van der Waals surface area (Å²) in [5.41, 5.74) is 3.62. The molecule has 10 heteroatoms. The van der Waals surface area contributed by atoms with E-state index < -0.39 is 0 Å². The van der Waals surface area contributed by atoms with Crippen molar-refractivity contribution in [2.24, 2.45) is 7.05 Å². The number of aliphatic hydroxyl groups excluding tert-OH is 1. The molecule has 0 bridgehead atoms. The zero-order valence-corrected chi connectivity index (χ0v) is 18.6. The molecule has 5 rings (SSSR count). The molecule has 172 valence electrons. The first-order valence-electron chi connectivity index (χ1n) is 10.7. The Morgan fingerprint density at radius 2 is 1.97 bits per heavy atom. The number of H-pyrrole nitrogens is 1. The van der Waals surface area contributed by atoms with Gasteiger partial charge in [0, 0.05) is 31.9 Å². The molecule has 3 aromatic heterocycles. The third-order valence-electron chi connectivity index (χ3n) is 5.52. The molecule has 0 radical (unpaired) electrons. The van der Waals surface area contributed by atoms with Gasteiger partial charge in [-0.25, -0.2) is 4.98 Å². The van der Waals surface area contributed by atoms with E-state index in [0.29, 0.717) is 34.2 Å². The monoisotopic (exact) mass is 457 g/mol. The summed E-state index contributed by atoms with van der Waals surface area (Å²) in [6.07, 6.45) is 1.64. The number of aromatic amines is 1. The molecule has 0 spiro atoms. The number of hydrogen-bond acceptors (Lipinski definition) is 8. The van der Waals surface area contributed by atoms with Gasteiger partial charge < -0.3 is 20.2 Å². The molecule has 0 unspecified atom stereocenters. The predicted octanol–water partition coefficient (Wildman–Crippen LogP) is 3.51. The van der Waals surface area contributed by atoms with Crippen LogP contribution in [0.4, 0.5) is 17.2 Å². The number of hydrogen-bond donors (Lipinski definition) is 4. The van der Waals surface area contributed by atoms with Crippen molar-refractivity contribution in [3.8, 4) is 11.5 Å². The second-order valence-electron chi connectivity index (χ2n) is 7.89. The Morgan fingerprint density at radius 1 is 1.15 bits per heavy atom. The second-order valence-corrected chi connectivity index (χ2v) is 7.89. The molecule has 1 atom stereocenters. The zero-order chi connectivity index (χ0) is 23.7. The number of aromatic nitrogens is 5. The van der Waals surface area contributed by atoms with Gasteiger partial charge in [-0.05, 0) is 23.8 Å². The number of pyridine rings is 1. The Labute approximate surface area is 194 Å². The van der Waals surface area contributed by atoms with E-state index >= 15 is 0 Å². The van der Waals surface area contributed by atoms with Gasteiger partial charge in [-0.3, -0.25) is 14.6 Å². The maximum atomic E-state index is 12.0. The standard InChI is InChI=1S/C24H23N7O3/c1-14-28-29-24(34-14)18-12-25-22(11-19(18)27-20(13-32)15-6-4-3-5-7-15)26-16-8-9-17-21(10-16)31(2)30-23(17)33/h3-12,20,32H,13H2,1-2H3,(H,30,33)(H2,25,26,27)/t20-/m1/s1. The van der Waals surface area contributed by atoms with Crippen molar-refractivity contribution in [3.05, 3.63) is 82.6 Å². The number of nitrogens with zero attached hydrogens (tertiary/aromatic N) is 4. The van der Waals surface area contributed by atoms with Crippen molar-refractivity contribution in [2.45, 2.75) is 13.0 Å². The highest BCUT2D eigenvalue weighted by atomic mass is 16.4. The number of aryl methyl sites for hydroxylation is 2. The molecule has 2 aromatic carbocycles. The van der Waals surface area contributed by atoms with Gasteiger partial charge >= 0.3 is 0 Å². The number of rotatable bonds is 7. The maximum Gasteiger partial charge on any atom is 0.271 e. The Balaban J connectivity index is 1.52. The average Bonchev–Trinajstić information content (AvgIpc) is 3.40. The summed E-state index contributed by atoms with van der Waals surface area (Å²) in [4.78, 5) is 16.5. The first-order chi connectivity index (χ1) is 16.5. The van der Waals surface area contributed by atoms with Crippen LogP contribution in [0.1, 0.15) is 17.5 Å². The smallest absolute Gasteiger partial charge is 0.271 e. The molecule has 34 heavy (non-hydrogen) atoms. The van der Waals surface area contributed by atoms with E-state index in [2.05, 4.69) is 30.9 Å². The predicted molar refractivity (Wildman–Crippen MR) is 129 cm³/mol. The van der Waals surface area contributed by atoms with E-state index in [0.717, 1.165) is 16.8 Å². The average molecular weight is 457 g/mol. The molecular formula is C24H23N7O3. The van der Waals surface area contributed by atoms with Crippen molar-refractivity contribution >= 4 is 28.1 Å². The molecule has 0 saturated heterocycles. The fourth-order valence-electron chi connectivity index (χ4n) is 3.83. The van der Waals surface area contributed by atoms with Gasteiger partial charge in [0.2, 0.25) is 5.89 Å². The van der Waals surface area contributed by atoms with E-state index in [-0.39, 0.29) is 18.2 Å². The summed E-state index contributed by atoms with van der Waals surface area (Å²) in [6, 6.07) is 16.6. The van der Waals surface area contributed by atoms with Crippen LogP contribution < -0.4 is 16.2 Å². The normalized spacial score (nSPS) is 12.1. The summed E-state index contributed by atoms with van der Waals surface area (Å²) < 4.78 is 7.31. The molecule has 0 fully saturated rings. The van der Waals surface area contributed by atoms with Gasteiger partial charge in [0.1, 0.15) is 5.82 Å². The molecule has 4 N–H and O–H groups in total. The number of anilines is 3. The van der Waals surface area contributed by atoms with Crippen LogP contribution in [0.5, 0.6) is 0 Å². The highest BCUT2D eigenvalue weighted by Gasteiger charge is 2.18. The minimum absolute atomic E-state index is 0.115. The number of benzene rings is 2. The number of nitrogens with one attached hydrogen (secondary N) is 3. The highest BCUT2D eigenvalue weighted by molar-refractivity contribution is 5.83. The van der Waals surface area contributed by atoms with Gasteiger partial charge in [0.15, 0.2) is 0 Å². The molecule has 0 aliphatic heterocycles. The quantitative estimate of drug-likeness (QED) is 0.292. The van der Waals surface area contributed by atoms with Crippen molar-refractivity contribution in [3.63, 3.8) is 0 Å². The second kappa shape index (κ2) is 8.83. The largest absolute Gasteiger partial charge is 0.421 e. The lowest BCUT2D eigenvalue weighted by atomic mass is 10.1. The van der Waals surface area contributed by atoms with Crippen molar-refractivity contribution in [1.29, 1.82) is 0 Å². The first kappa shape index (κ1) is 21.4. The number of aliphatic hydroxyl groups is 1. The van der Waals surface area contributed by atoms with Crippen LogP contribution in [-0.2, 0) is 7.05 Å². The highest BCUT2D eigenvalue weighted by Crippen LogP contribution is 2.32. The van der Waals surface area contributed by atoms with Gasteiger partial charge in [-0.1, -0.05) is 30.3 Å². The van der Waals surface area contributed by atoms with Gasteiger partial charge in [0.05, 0.1) is 34.8 Å². The molecule has 0 aliphatic rings. The van der Waals surface area contributed by atoms with Crippen molar-refractivity contribution in [2.75, 3.05) is 17.2 Å². The van der Waals surface area contributed by atoms with Crippen LogP contribution in [0.15, 0.2) is 70.0 Å². The Bertz CT molecular complexity index is 1500. The SMILES string of the molecule is Cc1nnc(-c2cnc(Nc3ccc4c(=O)[nH]n(C)c4c3)cc2N[C@H](CO)c2ccccc2)o1. The number of fused-ring (bicyclic) bond motifs is 1. The van der Waals surface area contributed by atoms with E-state index in [4.69, 9.17) is 4.42 Å². The van der Waals surface area contributed by atoms with E-state index in [1.54, 1.807) is 30.9 Å². The van der Waals surface area contributed by atoms with Crippen LogP contribution in [0, 0.1) is 6.92 Å². The molecular weight excluding hydrogens is 434 g/mol. The van der Waals surface area contributed by atoms with Gasteiger partial charge in [0.25, 0.3) is 11.4 Å². The molecule has 0 aliphatic carbocycles. The lowest BCUT2D eigenvalue weighted by molar-refractivity contribution is 0.276. The third kappa shape index (κ3) is 4.14. The van der Waals surface area contributed by atoms with Crippen LogP contribution in [0.3, 0.4) is 0 Å². The van der Waals surface area contributed by atoms with E-state index in [1.807, 2.05) is 48.5 Å². The summed E-state index contributed by atoms with van der Waals surface area (Å²) in [6.45, 7) is 1.60. The molecule has 0 amide bonds. The topological polar surface area (TPSA) is 134 Å². The Morgan fingerprint density at radius 3 is 2.71 bits per heavy atom. The third-order valence-corrected chi connectivity index (χ3v) is 5.52. The Hall–Kier alpha value is -4.44. The lowest BCUT2D eigenvalue weighted by Crippen LogP contribution is -2.15. The van der Waals surface area contributed by atoms with Crippen LogP contribution in [0.2, 0.25) is 0 Å². The van der Waals surface area contributed by atoms with Crippen molar-refractivity contribution in [1.82, 2.24) is 25.0 Å². The minimum Gasteiger partial charge on any atom is -0.421 e. The Kier molecular flexibility index (Phi) is 5.56. The first-order valence-corrected chi connectivity index (χ1v) is 10.7. The van der Waals surface area contributed by atoms with Crippen LogP contribution in [0.25, 0.3) is 22.4 Å². The van der Waals surface area contributed by atoms with Crippen LogP contribution in [-0.4, -0.2) is 36.7 Å². The van der Waals surface area contributed by atoms with E-state index in [9.17, 15) is 9.90 Å². The summed E-state index contributed by atoms with van der Waals surface area (Å²) in [5, 5.41) is 28.1. The lowest BCUT2D eigenvalue weighted by Gasteiger charge is -2.20. The summed E-state index contributed by atoms with van der Waals surface area (Å²) >= 11 is 0. The summed E-state index contributed by atoms with van der Waals surface area (Å²) in [7, 11) is 1.79. The zero-order valence-electron chi connectivity index (χ0n) is 18.6. The fraction of sp³-hybridized carbons (Fsp3) is 0.167. The minimum atomic E-state index is -0.357. The molecule has 0 saturated carbocycles. The molecule has 10 nitrogen and oxygen atoms in total. The molecule has 5 aromatic rings. The van der Waals surface area contributed by atoms with Crippen molar-refractivity contribution < 1.29 is 9.52 Å².